The van der Waals surface area contributed by atoms with Crippen LogP contribution < -0.4 is 16.0 Å². The number of guanidine groups is 1. The predicted molar refractivity (Wildman–Crippen MR) is 117 cm³/mol. The first-order valence-corrected chi connectivity index (χ1v) is 8.97. The van der Waals surface area contributed by atoms with Gasteiger partial charge in [0.1, 0.15) is 5.82 Å². The first kappa shape index (κ1) is 22.4. The number of halogens is 2. The van der Waals surface area contributed by atoms with Gasteiger partial charge in [-0.05, 0) is 42.0 Å². The molecule has 2 rings (SSSR count). The molecule has 0 spiro atoms. The summed E-state index contributed by atoms with van der Waals surface area (Å²) in [5.74, 6) is 0.355. The SMILES string of the molecule is CN=C(NCC(=O)Nc1cccc(F)c1)NCC(C)Cc1cccs1.I. The maximum absolute atomic E-state index is 13.1. The fourth-order valence-corrected chi connectivity index (χ4v) is 3.14. The molecule has 0 radical (unpaired) electrons. The molecular formula is C18H24FIN4OS. The molecule has 3 N–H and O–H groups in total. The van der Waals surface area contributed by atoms with Crippen LogP contribution in [-0.2, 0) is 11.2 Å². The third-order valence-corrected chi connectivity index (χ3v) is 4.39. The van der Waals surface area contributed by atoms with Gasteiger partial charge in [0.25, 0.3) is 0 Å². The first-order chi connectivity index (χ1) is 12.1. The molecule has 1 aromatic carbocycles. The van der Waals surface area contributed by atoms with Crippen LogP contribution in [-0.4, -0.2) is 32.0 Å². The van der Waals surface area contributed by atoms with Crippen LogP contribution in [0.15, 0.2) is 46.8 Å². The average Bonchev–Trinajstić information content (AvgIpc) is 3.08. The number of rotatable bonds is 7. The summed E-state index contributed by atoms with van der Waals surface area (Å²) < 4.78 is 13.1. The lowest BCUT2D eigenvalue weighted by Crippen LogP contribution is -2.43. The van der Waals surface area contributed by atoms with Crippen LogP contribution in [0, 0.1) is 11.7 Å². The van der Waals surface area contributed by atoms with Crippen molar-refractivity contribution in [1.82, 2.24) is 10.6 Å². The van der Waals surface area contributed by atoms with E-state index >= 15 is 0 Å². The van der Waals surface area contributed by atoms with Crippen molar-refractivity contribution >= 4 is 52.9 Å². The van der Waals surface area contributed by atoms with Gasteiger partial charge in [-0.3, -0.25) is 9.79 Å². The number of nitrogens with one attached hydrogen (secondary N) is 3. The van der Waals surface area contributed by atoms with E-state index in [1.807, 2.05) is 0 Å². The van der Waals surface area contributed by atoms with Gasteiger partial charge in [0.2, 0.25) is 5.91 Å². The molecule has 1 atom stereocenters. The summed E-state index contributed by atoms with van der Waals surface area (Å²) >= 11 is 1.75. The lowest BCUT2D eigenvalue weighted by Gasteiger charge is -2.15. The molecule has 8 heteroatoms. The van der Waals surface area contributed by atoms with E-state index in [9.17, 15) is 9.18 Å². The van der Waals surface area contributed by atoms with Crippen molar-refractivity contribution < 1.29 is 9.18 Å². The lowest BCUT2D eigenvalue weighted by atomic mass is 10.1. The molecule has 0 fully saturated rings. The quantitative estimate of drug-likeness (QED) is 0.317. The maximum Gasteiger partial charge on any atom is 0.243 e. The topological polar surface area (TPSA) is 65.5 Å². The van der Waals surface area contributed by atoms with Gasteiger partial charge in [-0.2, -0.15) is 0 Å². The van der Waals surface area contributed by atoms with E-state index in [1.165, 1.54) is 17.0 Å². The summed E-state index contributed by atoms with van der Waals surface area (Å²) in [6, 6.07) is 9.98. The Hall–Kier alpha value is -1.68. The maximum atomic E-state index is 13.1. The zero-order valence-electron chi connectivity index (χ0n) is 14.8. The summed E-state index contributed by atoms with van der Waals surface area (Å²) in [5.41, 5.74) is 0.430. The zero-order valence-corrected chi connectivity index (χ0v) is 17.9. The van der Waals surface area contributed by atoms with Crippen LogP contribution in [0.4, 0.5) is 10.1 Å². The molecule has 1 aromatic heterocycles. The molecule has 1 unspecified atom stereocenters. The number of benzene rings is 1. The van der Waals surface area contributed by atoms with Crippen molar-refractivity contribution in [1.29, 1.82) is 0 Å². The number of anilines is 1. The Labute approximate surface area is 174 Å². The second-order valence-electron chi connectivity index (χ2n) is 5.75. The number of aliphatic imine (C=N–C) groups is 1. The monoisotopic (exact) mass is 490 g/mol. The predicted octanol–water partition coefficient (Wildman–Crippen LogP) is 3.49. The molecule has 0 saturated heterocycles. The summed E-state index contributed by atoms with van der Waals surface area (Å²) in [6.07, 6.45) is 1.00. The zero-order chi connectivity index (χ0) is 18.1. The second kappa shape index (κ2) is 11.8. The van der Waals surface area contributed by atoms with Gasteiger partial charge in [0.05, 0.1) is 6.54 Å². The molecule has 1 heterocycles. The van der Waals surface area contributed by atoms with Crippen molar-refractivity contribution in [2.75, 3.05) is 25.5 Å². The fourth-order valence-electron chi connectivity index (χ4n) is 2.27. The molecule has 142 valence electrons. The van der Waals surface area contributed by atoms with Crippen LogP contribution in [0.2, 0.25) is 0 Å². The van der Waals surface area contributed by atoms with E-state index in [0.717, 1.165) is 13.0 Å². The van der Waals surface area contributed by atoms with Gasteiger partial charge in [0, 0.05) is 24.2 Å². The van der Waals surface area contributed by atoms with Crippen LogP contribution in [0.5, 0.6) is 0 Å². The first-order valence-electron chi connectivity index (χ1n) is 8.09. The molecule has 0 bridgehead atoms. The van der Waals surface area contributed by atoms with Crippen molar-refractivity contribution in [2.24, 2.45) is 10.9 Å². The molecule has 0 aliphatic carbocycles. The number of hydrogen-bond donors (Lipinski definition) is 3. The van der Waals surface area contributed by atoms with E-state index in [2.05, 4.69) is 45.4 Å². The molecule has 26 heavy (non-hydrogen) atoms. The average molecular weight is 490 g/mol. The van der Waals surface area contributed by atoms with Gasteiger partial charge in [0.15, 0.2) is 5.96 Å². The molecular weight excluding hydrogens is 466 g/mol. The number of thiophene rings is 1. The number of hydrogen-bond acceptors (Lipinski definition) is 3. The lowest BCUT2D eigenvalue weighted by molar-refractivity contribution is -0.115. The highest BCUT2D eigenvalue weighted by Gasteiger charge is 2.08. The summed E-state index contributed by atoms with van der Waals surface area (Å²) in [6.45, 7) is 2.97. The molecule has 1 amide bonds. The van der Waals surface area contributed by atoms with Crippen molar-refractivity contribution in [3.05, 3.63) is 52.5 Å². The molecule has 0 aliphatic heterocycles. The van der Waals surface area contributed by atoms with E-state index in [1.54, 1.807) is 30.5 Å². The number of carbonyl (C=O) groups excluding carboxylic acids is 1. The number of carbonyl (C=O) groups is 1. The highest BCUT2D eigenvalue weighted by atomic mass is 127. The standard InChI is InChI=1S/C18H23FN4OS.HI/c1-13(9-16-7-4-8-25-16)11-21-18(20-2)22-12-17(24)23-15-6-3-5-14(19)10-15;/h3-8,10,13H,9,11-12H2,1-2H3,(H,23,24)(H2,20,21,22);1H. The van der Waals surface area contributed by atoms with E-state index in [0.29, 0.717) is 17.6 Å². The van der Waals surface area contributed by atoms with Gasteiger partial charge in [-0.1, -0.05) is 19.1 Å². The Morgan fingerprint density at radius 3 is 2.73 bits per heavy atom. The van der Waals surface area contributed by atoms with Crippen LogP contribution >= 0.6 is 35.3 Å². The summed E-state index contributed by atoms with van der Waals surface area (Å²) in [7, 11) is 1.66. The van der Waals surface area contributed by atoms with Crippen molar-refractivity contribution in [3.8, 4) is 0 Å². The number of amides is 1. The third-order valence-electron chi connectivity index (χ3n) is 3.50. The molecule has 2 aromatic rings. The van der Waals surface area contributed by atoms with E-state index < -0.39 is 0 Å². The normalized spacial score (nSPS) is 12.0. The second-order valence-corrected chi connectivity index (χ2v) is 6.79. The molecule has 5 nitrogen and oxygen atoms in total. The van der Waals surface area contributed by atoms with E-state index in [-0.39, 0.29) is 42.2 Å². The Balaban J connectivity index is 0.00000338. The van der Waals surface area contributed by atoms with Gasteiger partial charge in [-0.15, -0.1) is 35.3 Å². The van der Waals surface area contributed by atoms with Crippen LogP contribution in [0.3, 0.4) is 0 Å². The van der Waals surface area contributed by atoms with Gasteiger partial charge < -0.3 is 16.0 Å². The van der Waals surface area contributed by atoms with Crippen molar-refractivity contribution in [2.45, 2.75) is 13.3 Å². The summed E-state index contributed by atoms with van der Waals surface area (Å²) in [5, 5.41) is 10.9. The van der Waals surface area contributed by atoms with E-state index in [4.69, 9.17) is 0 Å². The highest BCUT2D eigenvalue weighted by Crippen LogP contribution is 2.13. The van der Waals surface area contributed by atoms with Crippen LogP contribution in [0.25, 0.3) is 0 Å². The third kappa shape index (κ3) is 8.13. The number of nitrogens with zero attached hydrogens (tertiary/aromatic N) is 1. The Morgan fingerprint density at radius 1 is 1.27 bits per heavy atom. The smallest absolute Gasteiger partial charge is 0.243 e. The Kier molecular flexibility index (Phi) is 10.2. The summed E-state index contributed by atoms with van der Waals surface area (Å²) in [4.78, 5) is 17.4. The minimum atomic E-state index is -0.386. The van der Waals surface area contributed by atoms with Gasteiger partial charge in [-0.25, -0.2) is 4.39 Å². The molecule has 0 aliphatic rings. The Morgan fingerprint density at radius 2 is 2.08 bits per heavy atom. The van der Waals surface area contributed by atoms with Crippen molar-refractivity contribution in [3.63, 3.8) is 0 Å². The van der Waals surface area contributed by atoms with Gasteiger partial charge >= 0.3 is 0 Å². The minimum absolute atomic E-state index is 0. The van der Waals surface area contributed by atoms with Crippen LogP contribution in [0.1, 0.15) is 11.8 Å². The highest BCUT2D eigenvalue weighted by molar-refractivity contribution is 14.0. The largest absolute Gasteiger partial charge is 0.356 e. The minimum Gasteiger partial charge on any atom is -0.356 e. The fraction of sp³-hybridized carbons (Fsp3) is 0.333. The Bertz CT molecular complexity index is 709. The molecule has 0 saturated carbocycles.